The zero-order chi connectivity index (χ0) is 31.5. The van der Waals surface area contributed by atoms with Crippen molar-refractivity contribution in [3.05, 3.63) is 105 Å². The molecule has 226 valence electrons. The summed E-state index contributed by atoms with van der Waals surface area (Å²) in [6.45, 7) is 5.54. The zero-order valence-corrected chi connectivity index (χ0v) is 24.6. The largest absolute Gasteiger partial charge is 0.493 e. The average molecular weight is 601 g/mol. The fourth-order valence-corrected chi connectivity index (χ4v) is 4.76. The number of rotatable bonds is 8. The molecule has 0 saturated heterocycles. The van der Waals surface area contributed by atoms with E-state index in [1.807, 2.05) is 13.8 Å². The predicted molar refractivity (Wildman–Crippen MR) is 162 cm³/mol. The lowest BCUT2D eigenvalue weighted by Gasteiger charge is -2.16. The fraction of sp³-hybridized carbons (Fsp3) is 0.188. The number of hydrogen-bond donors (Lipinski definition) is 1. The number of nitrogens with one attached hydrogen (secondary N) is 1. The van der Waals surface area contributed by atoms with Crippen molar-refractivity contribution in [3.8, 4) is 34.4 Å². The van der Waals surface area contributed by atoms with E-state index in [0.29, 0.717) is 45.3 Å². The number of benzene rings is 3. The zero-order valence-electron chi connectivity index (χ0n) is 24.6. The van der Waals surface area contributed by atoms with Crippen molar-refractivity contribution in [2.24, 2.45) is 0 Å². The van der Waals surface area contributed by atoms with Crippen molar-refractivity contribution in [1.82, 2.24) is 14.1 Å². The maximum Gasteiger partial charge on any atom is 0.417 e. The molecule has 0 spiro atoms. The molecule has 0 aliphatic heterocycles. The van der Waals surface area contributed by atoms with E-state index in [-0.39, 0.29) is 18.0 Å². The van der Waals surface area contributed by atoms with Crippen molar-refractivity contribution in [1.29, 1.82) is 0 Å². The number of carbonyl (C=O) groups is 1. The molecule has 1 amide bonds. The van der Waals surface area contributed by atoms with Crippen LogP contribution in [0.15, 0.2) is 76.6 Å². The van der Waals surface area contributed by atoms with Gasteiger partial charge in [0.1, 0.15) is 17.3 Å². The molecule has 2 aromatic heterocycles. The van der Waals surface area contributed by atoms with E-state index in [9.17, 15) is 18.8 Å². The van der Waals surface area contributed by atoms with Crippen LogP contribution in [0.4, 0.5) is 14.9 Å². The minimum atomic E-state index is -0.942. The molecule has 12 heteroatoms. The van der Waals surface area contributed by atoms with E-state index in [4.69, 9.17) is 18.9 Å². The molecule has 0 aliphatic rings. The van der Waals surface area contributed by atoms with Gasteiger partial charge in [-0.15, -0.1) is 0 Å². The summed E-state index contributed by atoms with van der Waals surface area (Å²) in [6, 6.07) is 13.5. The van der Waals surface area contributed by atoms with E-state index in [0.717, 1.165) is 22.1 Å². The molecular weight excluding hydrogens is 571 g/mol. The van der Waals surface area contributed by atoms with Gasteiger partial charge in [-0.05, 0) is 80.4 Å². The normalized spacial score (nSPS) is 10.9. The first kappa shape index (κ1) is 29.8. The van der Waals surface area contributed by atoms with Crippen LogP contribution in [0.3, 0.4) is 0 Å². The van der Waals surface area contributed by atoms with E-state index in [1.54, 1.807) is 57.7 Å². The summed E-state index contributed by atoms with van der Waals surface area (Å²) >= 11 is 0. The number of hydrogen-bond acceptors (Lipinski definition) is 8. The Morgan fingerprint density at radius 2 is 1.57 bits per heavy atom. The molecule has 2 heterocycles. The number of halogens is 1. The lowest BCUT2D eigenvalue weighted by Crippen LogP contribution is -2.39. The van der Waals surface area contributed by atoms with Crippen LogP contribution in [-0.4, -0.2) is 34.4 Å². The molecule has 0 saturated carbocycles. The summed E-state index contributed by atoms with van der Waals surface area (Å²) in [6.07, 6.45) is 1.86. The Bertz CT molecular complexity index is 1980. The Balaban J connectivity index is 1.40. The Kier molecular flexibility index (Phi) is 8.34. The van der Waals surface area contributed by atoms with Gasteiger partial charge in [0.15, 0.2) is 11.5 Å². The highest BCUT2D eigenvalue weighted by atomic mass is 19.1. The predicted octanol–water partition coefficient (Wildman–Crippen LogP) is 5.74. The van der Waals surface area contributed by atoms with E-state index in [1.165, 1.54) is 22.9 Å². The van der Waals surface area contributed by atoms with Crippen molar-refractivity contribution in [2.75, 3.05) is 19.5 Å². The number of nitrogens with zero attached hydrogens (tertiary/aromatic N) is 3. The minimum absolute atomic E-state index is 0.135. The standard InChI is InChI=1S/C32H29FN4O7/c1-6-36-17-28(30(38)37(32(36)40)22-9-7-20(33)8-10-22)44-31(39)35-21-13-18(2)29(19(3)14-21)43-25-11-12-34-24-16-27(42-5)26(41-4)15-23(24)25/h7-17H,6H2,1-5H3,(H,35,39). The van der Waals surface area contributed by atoms with Crippen molar-refractivity contribution >= 4 is 22.7 Å². The number of pyridine rings is 1. The molecule has 0 bridgehead atoms. The van der Waals surface area contributed by atoms with Crippen LogP contribution in [0.25, 0.3) is 16.6 Å². The second kappa shape index (κ2) is 12.3. The average Bonchev–Trinajstić information content (AvgIpc) is 3.00. The van der Waals surface area contributed by atoms with Gasteiger partial charge in [0.05, 0.1) is 31.6 Å². The lowest BCUT2D eigenvalue weighted by atomic mass is 10.1. The highest BCUT2D eigenvalue weighted by Gasteiger charge is 2.18. The molecule has 5 aromatic rings. The summed E-state index contributed by atoms with van der Waals surface area (Å²) in [5.41, 5.74) is 1.09. The molecule has 0 unspecified atom stereocenters. The van der Waals surface area contributed by atoms with Crippen LogP contribution in [0.5, 0.6) is 28.7 Å². The number of fused-ring (bicyclic) bond motifs is 1. The number of carbonyl (C=O) groups excluding carboxylic acids is 1. The van der Waals surface area contributed by atoms with Crippen LogP contribution in [0.2, 0.25) is 0 Å². The van der Waals surface area contributed by atoms with Gasteiger partial charge in [-0.2, -0.15) is 0 Å². The van der Waals surface area contributed by atoms with Crippen molar-refractivity contribution in [2.45, 2.75) is 27.3 Å². The lowest BCUT2D eigenvalue weighted by molar-refractivity contribution is 0.214. The second-order valence-corrected chi connectivity index (χ2v) is 9.77. The van der Waals surface area contributed by atoms with Crippen LogP contribution < -0.4 is 35.5 Å². The Morgan fingerprint density at radius 1 is 0.909 bits per heavy atom. The van der Waals surface area contributed by atoms with E-state index >= 15 is 0 Å². The van der Waals surface area contributed by atoms with Crippen LogP contribution in [0.1, 0.15) is 18.1 Å². The summed E-state index contributed by atoms with van der Waals surface area (Å²) in [5, 5.41) is 3.34. The maximum atomic E-state index is 13.4. The number of ether oxygens (including phenoxy) is 4. The topological polar surface area (TPSA) is 123 Å². The maximum absolute atomic E-state index is 13.4. The number of anilines is 1. The third kappa shape index (κ3) is 5.82. The first-order valence-corrected chi connectivity index (χ1v) is 13.5. The molecule has 0 aliphatic carbocycles. The van der Waals surface area contributed by atoms with Gasteiger partial charge in [0.25, 0.3) is 0 Å². The van der Waals surface area contributed by atoms with Crippen molar-refractivity contribution < 1.29 is 28.1 Å². The molecule has 11 nitrogen and oxygen atoms in total. The Morgan fingerprint density at radius 3 is 2.20 bits per heavy atom. The summed E-state index contributed by atoms with van der Waals surface area (Å²) in [4.78, 5) is 43.3. The van der Waals surface area contributed by atoms with Gasteiger partial charge in [-0.1, -0.05) is 0 Å². The Hall–Kier alpha value is -5.65. The molecule has 3 aromatic carbocycles. The van der Waals surface area contributed by atoms with Gasteiger partial charge in [0, 0.05) is 29.9 Å². The van der Waals surface area contributed by atoms with Crippen LogP contribution >= 0.6 is 0 Å². The highest BCUT2D eigenvalue weighted by Crippen LogP contribution is 2.38. The molecule has 0 atom stereocenters. The van der Waals surface area contributed by atoms with E-state index < -0.39 is 23.2 Å². The molecule has 5 rings (SSSR count). The third-order valence-electron chi connectivity index (χ3n) is 6.88. The number of amides is 1. The minimum Gasteiger partial charge on any atom is -0.493 e. The Labute approximate surface area is 251 Å². The fourth-order valence-electron chi connectivity index (χ4n) is 4.76. The van der Waals surface area contributed by atoms with Gasteiger partial charge in [0.2, 0.25) is 5.75 Å². The number of aryl methyl sites for hydroxylation is 3. The molecule has 0 fully saturated rings. The van der Waals surface area contributed by atoms with Crippen LogP contribution in [0, 0.1) is 19.7 Å². The van der Waals surface area contributed by atoms with Gasteiger partial charge < -0.3 is 18.9 Å². The third-order valence-corrected chi connectivity index (χ3v) is 6.88. The number of methoxy groups -OCH3 is 2. The van der Waals surface area contributed by atoms with Gasteiger partial charge >= 0.3 is 17.3 Å². The first-order chi connectivity index (χ1) is 21.1. The summed E-state index contributed by atoms with van der Waals surface area (Å²) in [5.74, 6) is 1.29. The van der Waals surface area contributed by atoms with Crippen molar-refractivity contribution in [3.63, 3.8) is 0 Å². The molecular formula is C32H29FN4O7. The second-order valence-electron chi connectivity index (χ2n) is 9.77. The molecule has 44 heavy (non-hydrogen) atoms. The van der Waals surface area contributed by atoms with E-state index in [2.05, 4.69) is 10.3 Å². The summed E-state index contributed by atoms with van der Waals surface area (Å²) in [7, 11) is 3.10. The van der Waals surface area contributed by atoms with Gasteiger partial charge in [-0.25, -0.2) is 18.5 Å². The number of aromatic nitrogens is 3. The molecule has 1 N–H and O–H groups in total. The quantitative estimate of drug-likeness (QED) is 0.239. The monoisotopic (exact) mass is 600 g/mol. The molecule has 0 radical (unpaired) electrons. The SMILES string of the molecule is CCn1cc(OC(=O)Nc2cc(C)c(Oc3ccnc4cc(OC)c(OC)cc34)c(C)c2)c(=O)n(-c2ccc(F)cc2)c1=O. The highest BCUT2D eigenvalue weighted by molar-refractivity contribution is 5.89. The van der Waals surface area contributed by atoms with Crippen LogP contribution in [-0.2, 0) is 6.54 Å². The first-order valence-electron chi connectivity index (χ1n) is 13.5. The smallest absolute Gasteiger partial charge is 0.417 e. The summed E-state index contributed by atoms with van der Waals surface area (Å²) < 4.78 is 38.0. The van der Waals surface area contributed by atoms with Gasteiger partial charge in [-0.3, -0.25) is 19.7 Å².